The second-order valence-corrected chi connectivity index (χ2v) is 5.87. The van der Waals surface area contributed by atoms with Gasteiger partial charge in [-0.15, -0.1) is 0 Å². The summed E-state index contributed by atoms with van der Waals surface area (Å²) < 4.78 is 2.21. The molecule has 3 rings (SSSR count). The molecule has 1 aromatic heterocycles. The summed E-state index contributed by atoms with van der Waals surface area (Å²) in [4.78, 5) is 18.6. The summed E-state index contributed by atoms with van der Waals surface area (Å²) >= 11 is 0. The zero-order valence-electron chi connectivity index (χ0n) is 12.7. The molecule has 0 unspecified atom stereocenters. The second-order valence-electron chi connectivity index (χ2n) is 5.87. The average Bonchev–Trinajstić information content (AvgIpc) is 3.03. The van der Waals surface area contributed by atoms with Crippen LogP contribution >= 0.6 is 0 Å². The van der Waals surface area contributed by atoms with E-state index < -0.39 is 0 Å². The normalized spacial score (nSPS) is 18.4. The van der Waals surface area contributed by atoms with Crippen molar-refractivity contribution < 1.29 is 4.79 Å². The second kappa shape index (κ2) is 5.35. The Morgan fingerprint density at radius 3 is 2.86 bits per heavy atom. The van der Waals surface area contributed by atoms with E-state index in [9.17, 15) is 4.79 Å². The molecule has 0 saturated carbocycles. The minimum atomic E-state index is 0.0919. The predicted molar refractivity (Wildman–Crippen MR) is 83.9 cm³/mol. The number of fused-ring (bicyclic) bond motifs is 1. The van der Waals surface area contributed by atoms with Gasteiger partial charge in [0.05, 0.1) is 17.1 Å². The monoisotopic (exact) mass is 283 g/mol. The molecule has 0 bridgehead atoms. The van der Waals surface area contributed by atoms with Crippen LogP contribution in [0.2, 0.25) is 0 Å². The van der Waals surface area contributed by atoms with Crippen molar-refractivity contribution in [3.05, 3.63) is 42.2 Å². The highest BCUT2D eigenvalue weighted by Crippen LogP contribution is 2.33. The van der Waals surface area contributed by atoms with E-state index in [2.05, 4.69) is 17.2 Å². The standard InChI is InChI=1S/C17H21N3O/c1-12(2)11-20-15-8-5-4-7-14(15)18-17(20)16-9-6-10-19(16)13(3)21/h4-5,7-8,16H,1,6,9-11H2,2-3H3/t16-/m0/s1. The van der Waals surface area contributed by atoms with Gasteiger partial charge in [-0.2, -0.15) is 0 Å². The van der Waals surface area contributed by atoms with Crippen LogP contribution in [0.15, 0.2) is 36.4 Å². The smallest absolute Gasteiger partial charge is 0.220 e. The summed E-state index contributed by atoms with van der Waals surface area (Å²) in [5, 5.41) is 0. The summed E-state index contributed by atoms with van der Waals surface area (Å²) in [5.74, 6) is 1.12. The first-order valence-electron chi connectivity index (χ1n) is 7.44. The lowest BCUT2D eigenvalue weighted by Gasteiger charge is -2.23. The number of aromatic nitrogens is 2. The largest absolute Gasteiger partial charge is 0.333 e. The first-order valence-corrected chi connectivity index (χ1v) is 7.44. The van der Waals surface area contributed by atoms with Crippen molar-refractivity contribution in [3.8, 4) is 0 Å². The van der Waals surface area contributed by atoms with Gasteiger partial charge < -0.3 is 9.47 Å². The number of carbonyl (C=O) groups excluding carboxylic acids is 1. The van der Waals surface area contributed by atoms with Crippen molar-refractivity contribution in [1.82, 2.24) is 14.5 Å². The number of allylic oxidation sites excluding steroid dienone is 1. The van der Waals surface area contributed by atoms with Gasteiger partial charge in [0.2, 0.25) is 5.91 Å². The highest BCUT2D eigenvalue weighted by molar-refractivity contribution is 5.77. The first-order chi connectivity index (χ1) is 10.1. The molecule has 1 aliphatic rings. The Hall–Kier alpha value is -2.10. The molecule has 21 heavy (non-hydrogen) atoms. The lowest BCUT2D eigenvalue weighted by atomic mass is 10.2. The Morgan fingerprint density at radius 1 is 1.38 bits per heavy atom. The van der Waals surface area contributed by atoms with Crippen LogP contribution in [0.5, 0.6) is 0 Å². The van der Waals surface area contributed by atoms with Gasteiger partial charge in [0.25, 0.3) is 0 Å². The maximum Gasteiger partial charge on any atom is 0.220 e. The SMILES string of the molecule is C=C(C)Cn1c([C@@H]2CCCN2C(C)=O)nc2ccccc21. The van der Waals surface area contributed by atoms with Gasteiger partial charge in [-0.1, -0.05) is 24.3 Å². The van der Waals surface area contributed by atoms with Crippen LogP contribution in [0.1, 0.15) is 38.6 Å². The zero-order chi connectivity index (χ0) is 15.0. The fourth-order valence-corrected chi connectivity index (χ4v) is 3.20. The van der Waals surface area contributed by atoms with E-state index in [0.29, 0.717) is 0 Å². The fraction of sp³-hybridized carbons (Fsp3) is 0.412. The van der Waals surface area contributed by atoms with Gasteiger partial charge in [0.1, 0.15) is 5.82 Å². The predicted octanol–water partition coefficient (Wildman–Crippen LogP) is 3.30. The molecule has 1 aromatic carbocycles. The van der Waals surface area contributed by atoms with Gasteiger partial charge in [-0.05, 0) is 31.9 Å². The summed E-state index contributed by atoms with van der Waals surface area (Å²) in [6.07, 6.45) is 2.03. The zero-order valence-corrected chi connectivity index (χ0v) is 12.7. The number of likely N-dealkylation sites (tertiary alicyclic amines) is 1. The molecule has 0 radical (unpaired) electrons. The fourth-order valence-electron chi connectivity index (χ4n) is 3.20. The van der Waals surface area contributed by atoms with Gasteiger partial charge >= 0.3 is 0 Å². The maximum atomic E-state index is 11.8. The van der Waals surface area contributed by atoms with Crippen LogP contribution in [0.4, 0.5) is 0 Å². The third kappa shape index (κ3) is 2.46. The van der Waals surface area contributed by atoms with E-state index in [0.717, 1.165) is 48.4 Å². The number of para-hydroxylation sites is 2. The third-order valence-electron chi connectivity index (χ3n) is 4.07. The molecule has 1 amide bonds. The number of carbonyl (C=O) groups is 1. The number of nitrogens with zero attached hydrogens (tertiary/aromatic N) is 3. The summed E-state index contributed by atoms with van der Waals surface area (Å²) in [7, 11) is 0. The Morgan fingerprint density at radius 2 is 2.14 bits per heavy atom. The van der Waals surface area contributed by atoms with Gasteiger partial charge in [0, 0.05) is 20.0 Å². The molecule has 1 fully saturated rings. The Kier molecular flexibility index (Phi) is 3.53. The summed E-state index contributed by atoms with van der Waals surface area (Å²) in [6, 6.07) is 8.24. The number of hydrogen-bond donors (Lipinski definition) is 0. The number of benzene rings is 1. The Bertz CT molecular complexity index is 701. The van der Waals surface area contributed by atoms with Crippen LogP contribution in [0, 0.1) is 0 Å². The molecule has 2 aromatic rings. The van der Waals surface area contributed by atoms with Crippen molar-refractivity contribution in [2.75, 3.05) is 6.54 Å². The van der Waals surface area contributed by atoms with Crippen LogP contribution in [0.3, 0.4) is 0 Å². The quantitative estimate of drug-likeness (QED) is 0.811. The number of amides is 1. The molecule has 4 heteroatoms. The van der Waals surface area contributed by atoms with Crippen molar-refractivity contribution in [2.45, 2.75) is 39.3 Å². The van der Waals surface area contributed by atoms with Crippen LogP contribution in [-0.4, -0.2) is 26.9 Å². The molecule has 0 spiro atoms. The molecule has 1 atom stereocenters. The molecule has 0 aliphatic carbocycles. The minimum Gasteiger partial charge on any atom is -0.333 e. The van der Waals surface area contributed by atoms with E-state index in [-0.39, 0.29) is 11.9 Å². The van der Waals surface area contributed by atoms with Gasteiger partial charge in [0.15, 0.2) is 0 Å². The van der Waals surface area contributed by atoms with E-state index in [1.54, 1.807) is 6.92 Å². The number of imidazole rings is 1. The van der Waals surface area contributed by atoms with Crippen molar-refractivity contribution in [3.63, 3.8) is 0 Å². The molecule has 0 N–H and O–H groups in total. The molecule has 110 valence electrons. The summed E-state index contributed by atoms with van der Waals surface area (Å²) in [5.41, 5.74) is 3.20. The Balaban J connectivity index is 2.12. The summed E-state index contributed by atoms with van der Waals surface area (Å²) in [6.45, 7) is 9.27. The van der Waals surface area contributed by atoms with Crippen LogP contribution in [-0.2, 0) is 11.3 Å². The molecule has 1 saturated heterocycles. The Labute approximate surface area is 125 Å². The molecule has 4 nitrogen and oxygen atoms in total. The molecular formula is C17H21N3O. The van der Waals surface area contributed by atoms with Crippen molar-refractivity contribution >= 4 is 16.9 Å². The van der Waals surface area contributed by atoms with E-state index >= 15 is 0 Å². The van der Waals surface area contributed by atoms with Gasteiger partial charge in [-0.3, -0.25) is 4.79 Å². The average molecular weight is 283 g/mol. The van der Waals surface area contributed by atoms with E-state index in [1.807, 2.05) is 30.0 Å². The van der Waals surface area contributed by atoms with Crippen LogP contribution in [0.25, 0.3) is 11.0 Å². The lowest BCUT2D eigenvalue weighted by molar-refractivity contribution is -0.129. The highest BCUT2D eigenvalue weighted by Gasteiger charge is 2.31. The van der Waals surface area contributed by atoms with E-state index in [4.69, 9.17) is 4.98 Å². The van der Waals surface area contributed by atoms with Crippen LogP contribution < -0.4 is 0 Å². The van der Waals surface area contributed by atoms with Crippen molar-refractivity contribution in [2.24, 2.45) is 0 Å². The minimum absolute atomic E-state index is 0.0919. The number of hydrogen-bond acceptors (Lipinski definition) is 2. The lowest BCUT2D eigenvalue weighted by Crippen LogP contribution is -2.30. The molecule has 2 heterocycles. The topological polar surface area (TPSA) is 38.1 Å². The third-order valence-corrected chi connectivity index (χ3v) is 4.07. The van der Waals surface area contributed by atoms with Crippen molar-refractivity contribution in [1.29, 1.82) is 0 Å². The number of rotatable bonds is 3. The highest BCUT2D eigenvalue weighted by atomic mass is 16.2. The molecular weight excluding hydrogens is 262 g/mol. The first kappa shape index (κ1) is 13.9. The van der Waals surface area contributed by atoms with Gasteiger partial charge in [-0.25, -0.2) is 4.98 Å². The maximum absolute atomic E-state index is 11.8. The molecule has 1 aliphatic heterocycles. The van der Waals surface area contributed by atoms with E-state index in [1.165, 1.54) is 0 Å².